The molecule has 0 unspecified atom stereocenters. The molecule has 3 N–H and O–H groups in total. The van der Waals surface area contributed by atoms with E-state index in [-0.39, 0.29) is 18.2 Å². The molecule has 0 saturated heterocycles. The number of fused-ring (bicyclic) bond motifs is 1. The van der Waals surface area contributed by atoms with Crippen LogP contribution in [0, 0.1) is 0 Å². The summed E-state index contributed by atoms with van der Waals surface area (Å²) in [7, 11) is 0. The van der Waals surface area contributed by atoms with Crippen LogP contribution in [0.4, 0.5) is 30.2 Å². The highest BCUT2D eigenvalue weighted by Gasteiger charge is 2.34. The lowest BCUT2D eigenvalue weighted by Crippen LogP contribution is -2.23. The molecule has 10 heteroatoms. The van der Waals surface area contributed by atoms with Gasteiger partial charge in [-0.3, -0.25) is 9.59 Å². The molecule has 1 aliphatic rings. The van der Waals surface area contributed by atoms with E-state index in [0.717, 1.165) is 12.1 Å². The Morgan fingerprint density at radius 2 is 1.68 bits per heavy atom. The molecule has 0 atom stereocenters. The molecule has 0 aromatic heterocycles. The first-order valence-electron chi connectivity index (χ1n) is 8.14. The third-order valence-corrected chi connectivity index (χ3v) is 3.74. The van der Waals surface area contributed by atoms with Crippen molar-refractivity contribution in [2.75, 3.05) is 29.3 Å². The highest BCUT2D eigenvalue weighted by molar-refractivity contribution is 5.94. The second-order valence-electron chi connectivity index (χ2n) is 5.91. The lowest BCUT2D eigenvalue weighted by Gasteiger charge is -2.16. The monoisotopic (exact) mass is 395 g/mol. The summed E-state index contributed by atoms with van der Waals surface area (Å²) in [6.45, 7) is 0.889. The standard InChI is InChI=1S/C18H16F3N3O4/c1-10(25)23-11-2-4-14(13(6-11)18(19,20)21)22-8-17(26)24-12-3-5-15-16(7-12)28-9-27-15/h2-7,22H,8-9H2,1H3,(H,23,25)(H,24,26). The van der Waals surface area contributed by atoms with Crippen LogP contribution in [-0.4, -0.2) is 25.2 Å². The van der Waals surface area contributed by atoms with Gasteiger partial charge in [-0.15, -0.1) is 0 Å². The van der Waals surface area contributed by atoms with Gasteiger partial charge in [0.05, 0.1) is 12.1 Å². The van der Waals surface area contributed by atoms with E-state index >= 15 is 0 Å². The van der Waals surface area contributed by atoms with Gasteiger partial charge in [-0.05, 0) is 30.3 Å². The Kier molecular flexibility index (Phi) is 5.30. The fraction of sp³-hybridized carbons (Fsp3) is 0.222. The van der Waals surface area contributed by atoms with E-state index in [4.69, 9.17) is 9.47 Å². The molecule has 2 aromatic rings. The molecule has 3 rings (SSSR count). The number of nitrogens with one attached hydrogen (secondary N) is 3. The van der Waals surface area contributed by atoms with Crippen LogP contribution in [0.15, 0.2) is 36.4 Å². The minimum Gasteiger partial charge on any atom is -0.454 e. The second-order valence-corrected chi connectivity index (χ2v) is 5.91. The van der Waals surface area contributed by atoms with E-state index in [1.54, 1.807) is 18.2 Å². The molecule has 1 aliphatic heterocycles. The summed E-state index contributed by atoms with van der Waals surface area (Å²) in [5.41, 5.74) is -0.833. The SMILES string of the molecule is CC(=O)Nc1ccc(NCC(=O)Nc2ccc3c(c2)OCO3)c(C(F)(F)F)c1. The van der Waals surface area contributed by atoms with Crippen molar-refractivity contribution >= 4 is 28.9 Å². The van der Waals surface area contributed by atoms with Gasteiger partial charge in [0.2, 0.25) is 18.6 Å². The van der Waals surface area contributed by atoms with Crippen molar-refractivity contribution in [1.82, 2.24) is 0 Å². The summed E-state index contributed by atoms with van der Waals surface area (Å²) in [6.07, 6.45) is -4.66. The molecule has 0 fully saturated rings. The molecular weight excluding hydrogens is 379 g/mol. The number of rotatable bonds is 5. The van der Waals surface area contributed by atoms with E-state index in [2.05, 4.69) is 16.0 Å². The Morgan fingerprint density at radius 3 is 2.39 bits per heavy atom. The first-order chi connectivity index (χ1) is 13.2. The predicted octanol–water partition coefficient (Wildman–Crippen LogP) is 3.44. The average molecular weight is 395 g/mol. The number of halogens is 3. The maximum Gasteiger partial charge on any atom is 0.418 e. The Morgan fingerprint density at radius 1 is 1.00 bits per heavy atom. The Bertz CT molecular complexity index is 915. The summed E-state index contributed by atoms with van der Waals surface area (Å²) < 4.78 is 50.2. The van der Waals surface area contributed by atoms with E-state index in [9.17, 15) is 22.8 Å². The molecule has 0 saturated carbocycles. The van der Waals surface area contributed by atoms with Gasteiger partial charge in [0.25, 0.3) is 0 Å². The van der Waals surface area contributed by atoms with E-state index < -0.39 is 30.1 Å². The fourth-order valence-corrected chi connectivity index (χ4v) is 2.57. The van der Waals surface area contributed by atoms with Crippen LogP contribution in [0.3, 0.4) is 0 Å². The molecule has 148 valence electrons. The first-order valence-corrected chi connectivity index (χ1v) is 8.14. The van der Waals surface area contributed by atoms with Crippen molar-refractivity contribution < 1.29 is 32.2 Å². The number of ether oxygens (including phenoxy) is 2. The number of carbonyl (C=O) groups excluding carboxylic acids is 2. The average Bonchev–Trinajstić information content (AvgIpc) is 3.07. The van der Waals surface area contributed by atoms with Crippen LogP contribution >= 0.6 is 0 Å². The van der Waals surface area contributed by atoms with Gasteiger partial charge in [-0.1, -0.05) is 0 Å². The minimum absolute atomic E-state index is 0.00943. The van der Waals surface area contributed by atoms with Gasteiger partial charge >= 0.3 is 6.18 Å². The van der Waals surface area contributed by atoms with Crippen LogP contribution in [0.5, 0.6) is 11.5 Å². The number of benzene rings is 2. The van der Waals surface area contributed by atoms with Gasteiger partial charge in [0.1, 0.15) is 0 Å². The van der Waals surface area contributed by atoms with Crippen LogP contribution in [0.2, 0.25) is 0 Å². The lowest BCUT2D eigenvalue weighted by atomic mass is 10.1. The zero-order valence-electron chi connectivity index (χ0n) is 14.6. The van der Waals surface area contributed by atoms with Crippen LogP contribution < -0.4 is 25.4 Å². The maximum absolute atomic E-state index is 13.3. The maximum atomic E-state index is 13.3. The molecule has 2 amide bonds. The summed E-state index contributed by atoms with van der Waals surface area (Å²) in [6, 6.07) is 8.04. The fourth-order valence-electron chi connectivity index (χ4n) is 2.57. The quantitative estimate of drug-likeness (QED) is 0.722. The molecule has 0 bridgehead atoms. The number of alkyl halides is 3. The number of anilines is 3. The number of amides is 2. The third kappa shape index (κ3) is 4.64. The molecule has 2 aromatic carbocycles. The first kappa shape index (κ1) is 19.3. The van der Waals surface area contributed by atoms with Gasteiger partial charge in [0, 0.05) is 30.1 Å². The molecule has 1 heterocycles. The topological polar surface area (TPSA) is 88.7 Å². The van der Waals surface area contributed by atoms with E-state index in [0.29, 0.717) is 17.2 Å². The van der Waals surface area contributed by atoms with Crippen molar-refractivity contribution in [3.8, 4) is 11.5 Å². The number of hydrogen-bond donors (Lipinski definition) is 3. The summed E-state index contributed by atoms with van der Waals surface area (Å²) in [5, 5.41) is 7.33. The molecule has 0 spiro atoms. The number of carbonyl (C=O) groups is 2. The molecule has 0 aliphatic carbocycles. The van der Waals surface area contributed by atoms with Gasteiger partial charge in [-0.2, -0.15) is 13.2 Å². The molecular formula is C18H16F3N3O4. The van der Waals surface area contributed by atoms with Crippen molar-refractivity contribution in [1.29, 1.82) is 0 Å². The zero-order chi connectivity index (χ0) is 20.3. The van der Waals surface area contributed by atoms with Crippen LogP contribution in [-0.2, 0) is 15.8 Å². The Hall–Kier alpha value is -3.43. The summed E-state index contributed by atoms with van der Waals surface area (Å²) >= 11 is 0. The molecule has 28 heavy (non-hydrogen) atoms. The normalized spacial score (nSPS) is 12.4. The smallest absolute Gasteiger partial charge is 0.418 e. The Labute approximate surface area is 157 Å². The lowest BCUT2D eigenvalue weighted by molar-refractivity contribution is -0.137. The van der Waals surface area contributed by atoms with Crippen LogP contribution in [0.25, 0.3) is 0 Å². The highest BCUT2D eigenvalue weighted by Crippen LogP contribution is 2.37. The van der Waals surface area contributed by atoms with Gasteiger partial charge in [-0.25, -0.2) is 0 Å². The van der Waals surface area contributed by atoms with Gasteiger partial charge < -0.3 is 25.4 Å². The number of hydrogen-bond acceptors (Lipinski definition) is 5. The minimum atomic E-state index is -4.66. The zero-order valence-corrected chi connectivity index (χ0v) is 14.6. The molecule has 7 nitrogen and oxygen atoms in total. The van der Waals surface area contributed by atoms with E-state index in [1.165, 1.54) is 13.0 Å². The highest BCUT2D eigenvalue weighted by atomic mass is 19.4. The van der Waals surface area contributed by atoms with Crippen molar-refractivity contribution in [3.63, 3.8) is 0 Å². The van der Waals surface area contributed by atoms with E-state index in [1.807, 2.05) is 0 Å². The Balaban J connectivity index is 1.67. The predicted molar refractivity (Wildman–Crippen MR) is 95.4 cm³/mol. The van der Waals surface area contributed by atoms with Gasteiger partial charge in [0.15, 0.2) is 11.5 Å². The third-order valence-electron chi connectivity index (χ3n) is 3.74. The summed E-state index contributed by atoms with van der Waals surface area (Å²) in [4.78, 5) is 23.1. The van der Waals surface area contributed by atoms with Crippen molar-refractivity contribution in [3.05, 3.63) is 42.0 Å². The van der Waals surface area contributed by atoms with Crippen molar-refractivity contribution in [2.24, 2.45) is 0 Å². The van der Waals surface area contributed by atoms with Crippen LogP contribution in [0.1, 0.15) is 12.5 Å². The van der Waals surface area contributed by atoms with Crippen molar-refractivity contribution in [2.45, 2.75) is 13.1 Å². The largest absolute Gasteiger partial charge is 0.454 e. The molecule has 0 radical (unpaired) electrons. The second kappa shape index (κ2) is 7.67. The summed E-state index contributed by atoms with van der Waals surface area (Å²) in [5.74, 6) is -0.0151.